The van der Waals surface area contributed by atoms with Crippen LogP contribution in [0.3, 0.4) is 0 Å². The smallest absolute Gasteiger partial charge is 0.471 e. The molecule has 2 unspecified atom stereocenters. The molecule has 7 rings (SSSR count). The van der Waals surface area contributed by atoms with Crippen LogP contribution in [0.5, 0.6) is 11.5 Å². The van der Waals surface area contributed by atoms with Crippen LogP contribution in [-0.4, -0.2) is 205 Å². The molecule has 4 aromatic rings. The average molecular weight is 1250 g/mol. The number of hydrogen-bond donors (Lipinski definition) is 13. The molecule has 480 valence electrons. The van der Waals surface area contributed by atoms with Crippen LogP contribution in [0.15, 0.2) is 97.1 Å². The van der Waals surface area contributed by atoms with Crippen molar-refractivity contribution in [2.45, 2.75) is 139 Å². The zero-order chi connectivity index (χ0) is 65.0. The molecule has 89 heavy (non-hydrogen) atoms. The summed E-state index contributed by atoms with van der Waals surface area (Å²) >= 11 is 0. The molecule has 0 radical (unpaired) electrons. The van der Waals surface area contributed by atoms with Crippen molar-refractivity contribution < 1.29 is 91.7 Å². The molecule has 3 aliphatic heterocycles. The molecule has 28 heteroatoms. The van der Waals surface area contributed by atoms with Gasteiger partial charge in [-0.15, -0.1) is 0 Å². The van der Waals surface area contributed by atoms with E-state index in [1.807, 2.05) is 48.5 Å². The van der Waals surface area contributed by atoms with Crippen molar-refractivity contribution in [1.82, 2.24) is 47.0 Å². The first-order chi connectivity index (χ1) is 42.1. The minimum atomic E-state index is -5.52. The number of phenolic OH excluding ortho intramolecular Hbond substituents is 1. The Labute approximate surface area is 509 Å². The van der Waals surface area contributed by atoms with Crippen molar-refractivity contribution in [3.63, 3.8) is 0 Å². The van der Waals surface area contributed by atoms with Gasteiger partial charge in [0.15, 0.2) is 0 Å². The summed E-state index contributed by atoms with van der Waals surface area (Å²) < 4.78 is 46.6. The topological polar surface area (TPSA) is 375 Å². The lowest BCUT2D eigenvalue weighted by atomic mass is 9.99. The Balaban J connectivity index is 1.22. The number of carbonyl (C=O) groups is 9. The number of carbonyl (C=O) groups excluding carboxylic acids is 9. The molecule has 0 aliphatic carbocycles. The Morgan fingerprint density at radius 2 is 1.21 bits per heavy atom. The summed E-state index contributed by atoms with van der Waals surface area (Å²) in [5.41, 5.74) is 3.49. The van der Waals surface area contributed by atoms with Gasteiger partial charge in [0, 0.05) is 50.5 Å². The molecule has 0 bridgehead atoms. The minimum absolute atomic E-state index is 0.0656. The lowest BCUT2D eigenvalue weighted by Gasteiger charge is -2.34. The Bertz CT molecular complexity index is 3170. The quantitative estimate of drug-likeness (QED) is 0.0639. The third kappa shape index (κ3) is 17.3. The minimum Gasteiger partial charge on any atom is -0.508 e. The second kappa shape index (κ2) is 30.0. The van der Waals surface area contributed by atoms with Crippen LogP contribution in [-0.2, 0) is 44.8 Å². The van der Waals surface area contributed by atoms with E-state index in [2.05, 4.69) is 38.8 Å². The monoisotopic (exact) mass is 1250 g/mol. The number of aliphatic hydroxyl groups excluding tert-OH is 5. The highest BCUT2D eigenvalue weighted by Gasteiger charge is 2.50. The molecule has 0 aromatic heterocycles. The molecule has 0 spiro atoms. The van der Waals surface area contributed by atoms with Gasteiger partial charge in [0.1, 0.15) is 53.8 Å². The summed E-state index contributed by atoms with van der Waals surface area (Å²) in [5, 5.41) is 81.3. The van der Waals surface area contributed by atoms with Crippen LogP contribution in [0.25, 0.3) is 22.3 Å². The number of alkyl halides is 3. The number of ether oxygens (including phenoxy) is 1. The van der Waals surface area contributed by atoms with Gasteiger partial charge in [-0.05, 0) is 84.5 Å². The van der Waals surface area contributed by atoms with Crippen molar-refractivity contribution in [2.75, 3.05) is 32.8 Å². The first-order valence-corrected chi connectivity index (χ1v) is 29.0. The van der Waals surface area contributed by atoms with Gasteiger partial charge < -0.3 is 82.4 Å². The molecule has 25 nitrogen and oxygen atoms in total. The number of fused-ring (bicyclic) bond motifs is 2. The van der Waals surface area contributed by atoms with E-state index in [-0.39, 0.29) is 11.3 Å². The summed E-state index contributed by atoms with van der Waals surface area (Å²) in [6.07, 6.45) is -12.2. The van der Waals surface area contributed by atoms with Crippen LogP contribution in [0.2, 0.25) is 0 Å². The molecule has 3 saturated heterocycles. The zero-order valence-corrected chi connectivity index (χ0v) is 49.1. The summed E-state index contributed by atoms with van der Waals surface area (Å²) in [5.74, 6) is -13.1. The van der Waals surface area contributed by atoms with Gasteiger partial charge in [-0.25, -0.2) is 0 Å². The highest BCUT2D eigenvalue weighted by molar-refractivity contribution is 6.01. The third-order valence-electron chi connectivity index (χ3n) is 15.6. The number of aliphatic hydroxyl groups is 5. The summed E-state index contributed by atoms with van der Waals surface area (Å²) in [6.45, 7) is 2.80. The van der Waals surface area contributed by atoms with Crippen LogP contribution < -0.4 is 42.0 Å². The van der Waals surface area contributed by atoms with Gasteiger partial charge in [0.25, 0.3) is 5.91 Å². The number of nitrogens with one attached hydrogen (secondary N) is 7. The van der Waals surface area contributed by atoms with Gasteiger partial charge in [-0.3, -0.25) is 43.2 Å². The van der Waals surface area contributed by atoms with Gasteiger partial charge in [0.05, 0.1) is 37.1 Å². The number of unbranched alkanes of at least 4 members (excludes halogenated alkanes) is 2. The molecule has 9 amide bonds. The van der Waals surface area contributed by atoms with Gasteiger partial charge in [-0.2, -0.15) is 13.2 Å². The number of amides is 9. The van der Waals surface area contributed by atoms with E-state index in [0.29, 0.717) is 22.6 Å². The number of halogens is 3. The maximum Gasteiger partial charge on any atom is 0.471 e. The molecule has 3 fully saturated rings. The lowest BCUT2D eigenvalue weighted by Crippen LogP contribution is -2.65. The summed E-state index contributed by atoms with van der Waals surface area (Å²) in [7, 11) is 0. The normalized spacial score (nSPS) is 25.3. The molecule has 3 aliphatic rings. The van der Waals surface area contributed by atoms with Crippen molar-refractivity contribution in [3.8, 4) is 33.8 Å². The fourth-order valence-electron chi connectivity index (χ4n) is 10.6. The van der Waals surface area contributed by atoms with Crippen molar-refractivity contribution in [3.05, 3.63) is 108 Å². The first kappa shape index (κ1) is 67.8. The molecular weight excluding hydrogens is 1170 g/mol. The predicted molar refractivity (Wildman–Crippen MR) is 311 cm³/mol. The number of nitrogens with zero attached hydrogens (tertiary/aromatic N) is 2. The van der Waals surface area contributed by atoms with Crippen LogP contribution in [0, 0.1) is 5.92 Å². The Morgan fingerprint density at radius 3 is 1.78 bits per heavy atom. The standard InChI is InChI=1S/C61H74F3N9O16/c1-5-6-7-24-89-42-22-18-38(19-23-42)36-12-10-35(11-13-36)37-14-16-39(17-15-37)52(80)67-44-27-65-53(81)43(28-66-60(88)61(62,63)64)68-57(85)50-51(79)31(2)29-73(50)59(87)48(33(4)75)70-56(84)49(46(78)25-34-8-20-40(76)21-9-34)71-55(83)45-26-41(77)30-72(45)58(86)47(32(3)74)69-54(44)82/h8-23,31-33,41,43-51,74-79H,5-7,24-30H2,1-4H3,(H,65,81)(H,66,88)(H,67,80)(H,68,85)(H,69,82)(H,70,84)(H,71,83)/t31-,32?,33?,41+,43-,44-,45-,46+,47-,48-,49-,50-,51-/m0/s1. The zero-order valence-electron chi connectivity index (χ0n) is 49.1. The SMILES string of the molecule is CCCCCOc1ccc(-c2ccc(-c3ccc(C(=O)N[C@H]4CNC(=O)[C@H](CNC(=O)C(F)(F)F)NC(=O)[C@@H]5[C@@H](O)[C@@H](C)CN5C(=O)[C@H](C(C)O)NC(=O)[C@H]([C@H](O)Cc5ccc(O)cc5)NC(=O)[C@@H]5C[C@@H](O)CN5C(=O)[C@H](C(C)O)NC4=O)cc3)cc2)cc1. The Hall–Kier alpha value is -8.70. The largest absolute Gasteiger partial charge is 0.508 e. The number of phenols is 1. The number of hydrogen-bond acceptors (Lipinski definition) is 16. The number of aromatic hydroxyl groups is 1. The second-order valence-corrected chi connectivity index (χ2v) is 22.5. The van der Waals surface area contributed by atoms with E-state index < -0.39 is 177 Å². The third-order valence-corrected chi connectivity index (χ3v) is 15.6. The maximum atomic E-state index is 14.6. The van der Waals surface area contributed by atoms with E-state index in [1.165, 1.54) is 48.6 Å². The Morgan fingerprint density at radius 1 is 0.674 bits per heavy atom. The van der Waals surface area contributed by atoms with E-state index in [4.69, 9.17) is 4.74 Å². The van der Waals surface area contributed by atoms with Crippen molar-refractivity contribution >= 4 is 53.2 Å². The average Bonchev–Trinajstić information content (AvgIpc) is 1.88. The van der Waals surface area contributed by atoms with E-state index >= 15 is 0 Å². The predicted octanol–water partition coefficient (Wildman–Crippen LogP) is -0.324. The maximum absolute atomic E-state index is 14.6. The fourth-order valence-corrected chi connectivity index (χ4v) is 10.6. The van der Waals surface area contributed by atoms with Crippen molar-refractivity contribution in [2.24, 2.45) is 5.92 Å². The second-order valence-electron chi connectivity index (χ2n) is 22.5. The Kier molecular flexibility index (Phi) is 22.9. The first-order valence-electron chi connectivity index (χ1n) is 29.0. The van der Waals surface area contributed by atoms with Crippen LogP contribution >= 0.6 is 0 Å². The van der Waals surface area contributed by atoms with Crippen LogP contribution in [0.1, 0.15) is 69.3 Å². The van der Waals surface area contributed by atoms with Gasteiger partial charge in [-0.1, -0.05) is 87.4 Å². The molecule has 0 saturated carbocycles. The molecule has 3 heterocycles. The van der Waals surface area contributed by atoms with E-state index in [9.17, 15) is 87.0 Å². The highest BCUT2D eigenvalue weighted by atomic mass is 19.4. The molecule has 4 aromatic carbocycles. The fraction of sp³-hybridized carbons (Fsp3) is 0.459. The van der Waals surface area contributed by atoms with E-state index in [1.54, 1.807) is 12.1 Å². The van der Waals surface area contributed by atoms with Crippen LogP contribution in [0.4, 0.5) is 13.2 Å². The lowest BCUT2D eigenvalue weighted by molar-refractivity contribution is -0.173. The number of rotatable bonds is 16. The van der Waals surface area contributed by atoms with Crippen molar-refractivity contribution in [1.29, 1.82) is 0 Å². The van der Waals surface area contributed by atoms with E-state index in [0.717, 1.165) is 60.4 Å². The highest BCUT2D eigenvalue weighted by Crippen LogP contribution is 2.29. The summed E-state index contributed by atoms with van der Waals surface area (Å²) in [4.78, 5) is 129. The number of benzene rings is 4. The molecular formula is C61H74F3N9O16. The van der Waals surface area contributed by atoms with Gasteiger partial charge in [0.2, 0.25) is 41.4 Å². The summed E-state index contributed by atoms with van der Waals surface area (Å²) in [6, 6.07) is 12.4. The molecule has 13 atom stereocenters. The van der Waals surface area contributed by atoms with Gasteiger partial charge >= 0.3 is 12.1 Å². The molecule has 13 N–H and O–H groups in total.